The van der Waals surface area contributed by atoms with Crippen LogP contribution in [0, 0.1) is 5.82 Å². The number of methoxy groups -OCH3 is 1. The van der Waals surface area contributed by atoms with E-state index in [0.29, 0.717) is 22.2 Å². The minimum absolute atomic E-state index is 0.0557. The Morgan fingerprint density at radius 2 is 1.85 bits per heavy atom. The van der Waals surface area contributed by atoms with E-state index in [4.69, 9.17) is 10.5 Å². The maximum atomic E-state index is 13.2. The van der Waals surface area contributed by atoms with Crippen molar-refractivity contribution in [2.24, 2.45) is 5.73 Å². The molecule has 0 saturated carbocycles. The number of carbonyl (C=O) groups is 3. The second kappa shape index (κ2) is 9.51. The fourth-order valence-electron chi connectivity index (χ4n) is 3.48. The van der Waals surface area contributed by atoms with E-state index in [-0.39, 0.29) is 23.6 Å². The van der Waals surface area contributed by atoms with Gasteiger partial charge in [0.25, 0.3) is 0 Å². The summed E-state index contributed by atoms with van der Waals surface area (Å²) in [4.78, 5) is 37.6. The predicted molar refractivity (Wildman–Crippen MR) is 120 cm³/mol. The first-order chi connectivity index (χ1) is 15.6. The summed E-state index contributed by atoms with van der Waals surface area (Å²) in [5.41, 5.74) is 6.66. The molecular formula is C23H23FN4O5. The largest absolute Gasteiger partial charge is 0.495 e. The van der Waals surface area contributed by atoms with Gasteiger partial charge in [-0.3, -0.25) is 14.3 Å². The molecule has 1 atom stereocenters. The number of rotatable bonds is 8. The number of nitrogens with zero attached hydrogens (tertiary/aromatic N) is 3. The van der Waals surface area contributed by atoms with Gasteiger partial charge in [0, 0.05) is 14.1 Å². The lowest BCUT2D eigenvalue weighted by atomic mass is 10.1. The summed E-state index contributed by atoms with van der Waals surface area (Å²) in [5, 5.41) is 14.5. The Morgan fingerprint density at radius 1 is 1.18 bits per heavy atom. The first-order valence-electron chi connectivity index (χ1n) is 9.89. The molecule has 0 aliphatic rings. The highest BCUT2D eigenvalue weighted by Crippen LogP contribution is 2.35. The summed E-state index contributed by atoms with van der Waals surface area (Å²) in [6.45, 7) is 0. The van der Waals surface area contributed by atoms with E-state index in [1.54, 1.807) is 38.4 Å². The van der Waals surface area contributed by atoms with Crippen molar-refractivity contribution in [1.29, 1.82) is 0 Å². The van der Waals surface area contributed by atoms with Gasteiger partial charge in [-0.05, 0) is 35.9 Å². The summed E-state index contributed by atoms with van der Waals surface area (Å²) in [6, 6.07) is 7.54. The Morgan fingerprint density at radius 3 is 2.39 bits per heavy atom. The minimum atomic E-state index is -1.20. The van der Waals surface area contributed by atoms with Gasteiger partial charge in [0.2, 0.25) is 11.8 Å². The van der Waals surface area contributed by atoms with E-state index < -0.39 is 23.8 Å². The maximum Gasteiger partial charge on any atom is 0.339 e. The number of benzene rings is 2. The molecule has 9 nitrogen and oxygen atoms in total. The van der Waals surface area contributed by atoms with Gasteiger partial charge in [0.1, 0.15) is 23.2 Å². The zero-order chi connectivity index (χ0) is 24.3. The van der Waals surface area contributed by atoms with Gasteiger partial charge in [0.15, 0.2) is 0 Å². The third-order valence-electron chi connectivity index (χ3n) is 5.01. The molecule has 0 aliphatic carbocycles. The second-order valence-corrected chi connectivity index (χ2v) is 7.48. The van der Waals surface area contributed by atoms with Crippen LogP contribution < -0.4 is 10.5 Å². The van der Waals surface area contributed by atoms with Gasteiger partial charge in [0.05, 0.1) is 30.1 Å². The molecule has 0 aliphatic heterocycles. The Hall–Kier alpha value is -4.21. The number of hydrogen-bond acceptors (Lipinski definition) is 5. The molecule has 0 saturated heterocycles. The lowest BCUT2D eigenvalue weighted by molar-refractivity contribution is -0.135. The van der Waals surface area contributed by atoms with Crippen molar-refractivity contribution in [3.05, 3.63) is 59.0 Å². The molecule has 1 aromatic heterocycles. The highest BCUT2D eigenvalue weighted by Gasteiger charge is 2.29. The minimum Gasteiger partial charge on any atom is -0.495 e. The number of carboxylic acid groups (broad SMARTS) is 1. The van der Waals surface area contributed by atoms with E-state index in [9.17, 15) is 23.9 Å². The van der Waals surface area contributed by atoms with E-state index in [1.165, 1.54) is 41.0 Å². The topological polar surface area (TPSA) is 128 Å². The van der Waals surface area contributed by atoms with Crippen LogP contribution in [0.3, 0.4) is 0 Å². The second-order valence-electron chi connectivity index (χ2n) is 7.48. The maximum absolute atomic E-state index is 13.2. The summed E-state index contributed by atoms with van der Waals surface area (Å²) < 4.78 is 20.0. The lowest BCUT2D eigenvalue weighted by Gasteiger charge is -2.20. The molecule has 172 valence electrons. The molecule has 0 spiro atoms. The predicted octanol–water partition coefficient (Wildman–Crippen LogP) is 2.56. The van der Waals surface area contributed by atoms with Gasteiger partial charge in [-0.2, -0.15) is 5.10 Å². The molecule has 1 unspecified atom stereocenters. The number of ether oxygens (including phenoxy) is 1. The van der Waals surface area contributed by atoms with Crippen LogP contribution in [0.5, 0.6) is 5.75 Å². The summed E-state index contributed by atoms with van der Waals surface area (Å²) >= 11 is 0. The molecule has 3 aromatic rings. The number of aromatic carboxylic acids is 1. The summed E-state index contributed by atoms with van der Waals surface area (Å²) in [7, 11) is 4.42. The monoisotopic (exact) mass is 454 g/mol. The molecule has 3 rings (SSSR count). The number of carboxylic acids is 1. The molecule has 3 N–H and O–H groups in total. The van der Waals surface area contributed by atoms with Crippen LogP contribution in [0.2, 0.25) is 0 Å². The van der Waals surface area contributed by atoms with Crippen molar-refractivity contribution in [1.82, 2.24) is 14.7 Å². The fraction of sp³-hybridized carbons (Fsp3) is 0.217. The first-order valence-corrected chi connectivity index (χ1v) is 9.89. The highest BCUT2D eigenvalue weighted by atomic mass is 19.1. The average molecular weight is 454 g/mol. The SMILES string of the molecule is COc1c(C(=O)O)ccc2c1c(C=Cc1ccc(F)cc1)nn2C(CC(N)=O)C(=O)N(C)C. The normalized spacial score (nSPS) is 12.1. The van der Waals surface area contributed by atoms with Crippen molar-refractivity contribution in [3.63, 3.8) is 0 Å². The quantitative estimate of drug-likeness (QED) is 0.538. The average Bonchev–Trinajstić information content (AvgIpc) is 3.14. The third kappa shape index (κ3) is 4.84. The summed E-state index contributed by atoms with van der Waals surface area (Å²) in [5.74, 6) is -2.63. The van der Waals surface area contributed by atoms with Crippen molar-refractivity contribution >= 4 is 40.8 Å². The number of halogens is 1. The Bertz CT molecular complexity index is 1250. The number of primary amides is 1. The molecular weight excluding hydrogens is 431 g/mol. The number of amides is 2. The van der Waals surface area contributed by atoms with Crippen LogP contribution in [0.1, 0.15) is 34.1 Å². The zero-order valence-corrected chi connectivity index (χ0v) is 18.3. The number of fused-ring (bicyclic) bond motifs is 1. The fourth-order valence-corrected chi connectivity index (χ4v) is 3.48. The van der Waals surface area contributed by atoms with E-state index in [0.717, 1.165) is 0 Å². The molecule has 2 amide bonds. The highest BCUT2D eigenvalue weighted by molar-refractivity contribution is 6.03. The molecule has 0 bridgehead atoms. The van der Waals surface area contributed by atoms with Gasteiger partial charge in [-0.15, -0.1) is 0 Å². The van der Waals surface area contributed by atoms with Gasteiger partial charge in [-0.25, -0.2) is 9.18 Å². The molecule has 0 fully saturated rings. The van der Waals surface area contributed by atoms with Crippen molar-refractivity contribution in [2.75, 3.05) is 21.2 Å². The van der Waals surface area contributed by atoms with Crippen molar-refractivity contribution in [2.45, 2.75) is 12.5 Å². The molecule has 33 heavy (non-hydrogen) atoms. The lowest BCUT2D eigenvalue weighted by Crippen LogP contribution is -2.35. The standard InChI is InChI=1S/C23H23FN4O5/c1-27(2)22(30)18(12-19(25)29)28-17-11-9-15(23(31)32)21(33-3)20(17)16(26-28)10-6-13-4-7-14(24)8-5-13/h4-11,18H,12H2,1-3H3,(H2,25,29)(H,31,32). The first kappa shape index (κ1) is 23.5. The Kier molecular flexibility index (Phi) is 6.76. The van der Waals surface area contributed by atoms with Crippen LogP contribution >= 0.6 is 0 Å². The van der Waals surface area contributed by atoms with Crippen LogP contribution in [-0.4, -0.2) is 58.8 Å². The number of carbonyl (C=O) groups excluding carboxylic acids is 2. The number of nitrogens with two attached hydrogens (primary N) is 1. The van der Waals surface area contributed by atoms with Crippen LogP contribution in [0.4, 0.5) is 4.39 Å². The third-order valence-corrected chi connectivity index (χ3v) is 5.01. The Labute approximate surface area is 188 Å². The molecule has 10 heteroatoms. The van der Waals surface area contributed by atoms with Crippen LogP contribution in [-0.2, 0) is 9.59 Å². The van der Waals surface area contributed by atoms with Gasteiger partial charge >= 0.3 is 5.97 Å². The molecule has 1 heterocycles. The van der Waals surface area contributed by atoms with Crippen LogP contribution in [0.15, 0.2) is 36.4 Å². The van der Waals surface area contributed by atoms with E-state index in [1.807, 2.05) is 0 Å². The van der Waals surface area contributed by atoms with Crippen molar-refractivity contribution < 1.29 is 28.6 Å². The van der Waals surface area contributed by atoms with Gasteiger partial charge in [-0.1, -0.05) is 18.2 Å². The number of hydrogen-bond donors (Lipinski definition) is 2. The van der Waals surface area contributed by atoms with Crippen LogP contribution in [0.25, 0.3) is 23.1 Å². The van der Waals surface area contributed by atoms with Gasteiger partial charge < -0.3 is 20.5 Å². The number of likely N-dealkylation sites (N-methyl/N-ethyl adjacent to an activating group) is 1. The zero-order valence-electron chi connectivity index (χ0n) is 18.3. The summed E-state index contributed by atoms with van der Waals surface area (Å²) in [6.07, 6.45) is 2.95. The van der Waals surface area contributed by atoms with E-state index >= 15 is 0 Å². The number of aromatic nitrogens is 2. The van der Waals surface area contributed by atoms with E-state index in [2.05, 4.69) is 5.10 Å². The molecule has 2 aromatic carbocycles. The van der Waals surface area contributed by atoms with Crippen molar-refractivity contribution in [3.8, 4) is 5.75 Å². The smallest absolute Gasteiger partial charge is 0.339 e. The molecule has 0 radical (unpaired) electrons. The Balaban J connectivity index is 2.28.